The Kier molecular flexibility index (Phi) is 5.74. The number of carbonyl (C=O) groups is 2. The van der Waals surface area contributed by atoms with E-state index in [0.29, 0.717) is 12.2 Å². The predicted octanol–water partition coefficient (Wildman–Crippen LogP) is 2.21. The van der Waals surface area contributed by atoms with E-state index >= 15 is 0 Å². The molecular weight excluding hydrogens is 380 g/mol. The van der Waals surface area contributed by atoms with Gasteiger partial charge < -0.3 is 16.0 Å². The molecule has 0 bridgehead atoms. The summed E-state index contributed by atoms with van der Waals surface area (Å²) in [7, 11) is 0. The van der Waals surface area contributed by atoms with Crippen LogP contribution in [0.25, 0.3) is 0 Å². The molecule has 8 nitrogen and oxygen atoms in total. The van der Waals surface area contributed by atoms with Gasteiger partial charge in [-0.3, -0.25) is 14.3 Å². The summed E-state index contributed by atoms with van der Waals surface area (Å²) >= 11 is 0. The third-order valence-corrected chi connectivity index (χ3v) is 5.32. The maximum Gasteiger partial charge on any atom is 0.253 e. The summed E-state index contributed by atoms with van der Waals surface area (Å²) in [6.45, 7) is 1.40. The topological polar surface area (TPSA) is 106 Å². The maximum absolute atomic E-state index is 13.1. The van der Waals surface area contributed by atoms with Crippen LogP contribution in [0.5, 0.6) is 0 Å². The molecule has 3 heterocycles. The van der Waals surface area contributed by atoms with Crippen LogP contribution in [0.1, 0.15) is 24.4 Å². The smallest absolute Gasteiger partial charge is 0.253 e. The maximum atomic E-state index is 13.1. The van der Waals surface area contributed by atoms with Gasteiger partial charge in [-0.15, -0.1) is 0 Å². The lowest BCUT2D eigenvalue weighted by Gasteiger charge is -2.32. The summed E-state index contributed by atoms with van der Waals surface area (Å²) in [5.74, 6) is 0.145. The van der Waals surface area contributed by atoms with Gasteiger partial charge in [-0.1, -0.05) is 30.3 Å². The van der Waals surface area contributed by atoms with Gasteiger partial charge in [0.2, 0.25) is 5.91 Å². The molecule has 154 valence electrons. The van der Waals surface area contributed by atoms with Crippen LogP contribution < -0.4 is 16.0 Å². The summed E-state index contributed by atoms with van der Waals surface area (Å²) in [5.41, 5.74) is 6.90. The van der Waals surface area contributed by atoms with E-state index in [9.17, 15) is 9.59 Å². The van der Waals surface area contributed by atoms with Crippen LogP contribution in [0.2, 0.25) is 0 Å². The number of nitrogens with zero attached hydrogens (tertiary/aromatic N) is 4. The van der Waals surface area contributed by atoms with Gasteiger partial charge in [-0.25, -0.2) is 4.98 Å². The molecule has 2 aromatic heterocycles. The van der Waals surface area contributed by atoms with Crippen LogP contribution in [0, 0.1) is 5.92 Å². The number of anilines is 2. The molecule has 4 rings (SSSR count). The SMILES string of the molecule is NC(=O)C1CCCN(c2ccc(NC(=O)C(c3ccccc3)n3cccn3)cn2)C1. The van der Waals surface area contributed by atoms with Gasteiger partial charge >= 0.3 is 0 Å². The van der Waals surface area contributed by atoms with Gasteiger partial charge in [-0.2, -0.15) is 5.10 Å². The lowest BCUT2D eigenvalue weighted by atomic mass is 9.97. The summed E-state index contributed by atoms with van der Waals surface area (Å²) in [6, 6.07) is 14.4. The van der Waals surface area contributed by atoms with Crippen LogP contribution in [0.4, 0.5) is 11.5 Å². The Morgan fingerprint density at radius 2 is 1.97 bits per heavy atom. The van der Waals surface area contributed by atoms with Crippen molar-refractivity contribution in [3.8, 4) is 0 Å². The number of hydrogen-bond donors (Lipinski definition) is 2. The van der Waals surface area contributed by atoms with Crippen LogP contribution in [-0.4, -0.2) is 39.7 Å². The van der Waals surface area contributed by atoms with Gasteiger partial charge in [0, 0.05) is 25.5 Å². The minimum absolute atomic E-state index is 0.152. The molecule has 2 amide bonds. The van der Waals surface area contributed by atoms with Gasteiger partial charge in [-0.05, 0) is 36.6 Å². The van der Waals surface area contributed by atoms with E-state index in [0.717, 1.165) is 30.8 Å². The number of piperidine rings is 1. The second-order valence-electron chi connectivity index (χ2n) is 7.38. The Morgan fingerprint density at radius 3 is 2.63 bits per heavy atom. The van der Waals surface area contributed by atoms with Crippen LogP contribution in [-0.2, 0) is 9.59 Å². The summed E-state index contributed by atoms with van der Waals surface area (Å²) in [5, 5.41) is 7.18. The first-order chi connectivity index (χ1) is 14.6. The average Bonchev–Trinajstić information content (AvgIpc) is 3.29. The molecule has 1 aliphatic rings. The molecule has 1 aromatic carbocycles. The molecule has 3 aromatic rings. The standard InChI is InChI=1S/C22H24N6O2/c23-21(29)17-8-4-12-27(15-17)19-10-9-18(14-24-19)26-22(30)20(28-13-5-11-25-28)16-6-2-1-3-7-16/h1-3,5-7,9-11,13-14,17,20H,4,8,12,15H2,(H2,23,29)(H,26,30). The quantitative estimate of drug-likeness (QED) is 0.655. The number of nitrogens with two attached hydrogens (primary N) is 1. The highest BCUT2D eigenvalue weighted by Gasteiger charge is 2.25. The number of hydrogen-bond acceptors (Lipinski definition) is 5. The molecule has 2 atom stereocenters. The minimum atomic E-state index is -0.584. The fraction of sp³-hybridized carbons (Fsp3) is 0.273. The van der Waals surface area contributed by atoms with Crippen molar-refractivity contribution >= 4 is 23.3 Å². The van der Waals surface area contributed by atoms with Crippen molar-refractivity contribution < 1.29 is 9.59 Å². The summed E-state index contributed by atoms with van der Waals surface area (Å²) in [4.78, 5) is 31.1. The fourth-order valence-electron chi connectivity index (χ4n) is 3.77. The highest BCUT2D eigenvalue weighted by atomic mass is 16.2. The highest BCUT2D eigenvalue weighted by molar-refractivity contribution is 5.95. The fourth-order valence-corrected chi connectivity index (χ4v) is 3.77. The lowest BCUT2D eigenvalue weighted by Crippen LogP contribution is -2.41. The number of nitrogens with one attached hydrogen (secondary N) is 1. The molecule has 1 aliphatic heterocycles. The Bertz CT molecular complexity index is 988. The zero-order chi connectivity index (χ0) is 20.9. The molecule has 0 radical (unpaired) electrons. The van der Waals surface area contributed by atoms with E-state index in [4.69, 9.17) is 5.73 Å². The van der Waals surface area contributed by atoms with Crippen LogP contribution in [0.15, 0.2) is 67.1 Å². The van der Waals surface area contributed by atoms with Crippen molar-refractivity contribution in [2.24, 2.45) is 11.7 Å². The first kappa shape index (κ1) is 19.6. The van der Waals surface area contributed by atoms with Crippen molar-refractivity contribution in [3.05, 3.63) is 72.7 Å². The number of carbonyl (C=O) groups excluding carboxylic acids is 2. The Morgan fingerprint density at radius 1 is 1.13 bits per heavy atom. The van der Waals surface area contributed by atoms with E-state index in [1.165, 1.54) is 0 Å². The second kappa shape index (κ2) is 8.77. The number of benzene rings is 1. The number of pyridine rings is 1. The van der Waals surface area contributed by atoms with Crippen molar-refractivity contribution in [2.75, 3.05) is 23.3 Å². The monoisotopic (exact) mass is 404 g/mol. The Balaban J connectivity index is 1.48. The normalized spacial score (nSPS) is 17.3. The first-order valence-electron chi connectivity index (χ1n) is 9.97. The van der Waals surface area contributed by atoms with Crippen LogP contribution >= 0.6 is 0 Å². The van der Waals surface area contributed by atoms with E-state index in [1.807, 2.05) is 42.5 Å². The summed E-state index contributed by atoms with van der Waals surface area (Å²) < 4.78 is 1.63. The predicted molar refractivity (Wildman–Crippen MR) is 114 cm³/mol. The van der Waals surface area contributed by atoms with Gasteiger partial charge in [0.05, 0.1) is 17.8 Å². The number of amides is 2. The van der Waals surface area contributed by atoms with Crippen LogP contribution in [0.3, 0.4) is 0 Å². The van der Waals surface area contributed by atoms with Crippen molar-refractivity contribution in [2.45, 2.75) is 18.9 Å². The van der Waals surface area contributed by atoms with E-state index < -0.39 is 6.04 Å². The number of rotatable bonds is 6. The molecule has 0 aliphatic carbocycles. The van der Waals surface area contributed by atoms with Gasteiger partial charge in [0.15, 0.2) is 6.04 Å². The zero-order valence-electron chi connectivity index (χ0n) is 16.5. The molecule has 3 N–H and O–H groups in total. The molecule has 1 saturated heterocycles. The lowest BCUT2D eigenvalue weighted by molar-refractivity contribution is -0.122. The van der Waals surface area contributed by atoms with E-state index in [-0.39, 0.29) is 17.7 Å². The van der Waals surface area contributed by atoms with Gasteiger partial charge in [0.1, 0.15) is 5.82 Å². The Labute approximate surface area is 174 Å². The second-order valence-corrected chi connectivity index (χ2v) is 7.38. The molecule has 2 unspecified atom stereocenters. The van der Waals surface area contributed by atoms with E-state index in [2.05, 4.69) is 20.3 Å². The molecule has 8 heteroatoms. The highest BCUT2D eigenvalue weighted by Crippen LogP contribution is 2.24. The molecule has 1 fully saturated rings. The third-order valence-electron chi connectivity index (χ3n) is 5.32. The Hall–Kier alpha value is -3.68. The summed E-state index contributed by atoms with van der Waals surface area (Å²) in [6.07, 6.45) is 6.76. The first-order valence-corrected chi connectivity index (χ1v) is 9.97. The number of aromatic nitrogens is 3. The number of primary amides is 1. The van der Waals surface area contributed by atoms with Crippen molar-refractivity contribution in [1.82, 2.24) is 14.8 Å². The minimum Gasteiger partial charge on any atom is -0.369 e. The average molecular weight is 404 g/mol. The molecule has 0 spiro atoms. The largest absolute Gasteiger partial charge is 0.369 e. The zero-order valence-corrected chi connectivity index (χ0v) is 16.5. The third kappa shape index (κ3) is 4.32. The van der Waals surface area contributed by atoms with Crippen molar-refractivity contribution in [1.29, 1.82) is 0 Å². The molecule has 0 saturated carbocycles. The molecular formula is C22H24N6O2. The molecule has 30 heavy (non-hydrogen) atoms. The van der Waals surface area contributed by atoms with E-state index in [1.54, 1.807) is 29.3 Å². The van der Waals surface area contributed by atoms with Gasteiger partial charge in [0.25, 0.3) is 5.91 Å². The van der Waals surface area contributed by atoms with Crippen molar-refractivity contribution in [3.63, 3.8) is 0 Å².